The summed E-state index contributed by atoms with van der Waals surface area (Å²) in [6, 6.07) is 2.52. The minimum atomic E-state index is -0.520. The number of ether oxygens (including phenoxy) is 1. The van der Waals surface area contributed by atoms with Crippen LogP contribution < -0.4 is 5.73 Å². The number of hydrogen-bond donors (Lipinski definition) is 1. The highest BCUT2D eigenvalue weighted by molar-refractivity contribution is 5.95. The van der Waals surface area contributed by atoms with E-state index in [1.54, 1.807) is 13.8 Å². The number of hydrogen-bond acceptors (Lipinski definition) is 3. The summed E-state index contributed by atoms with van der Waals surface area (Å²) in [6.07, 6.45) is 0. The molecule has 0 aliphatic rings. The Kier molecular flexibility index (Phi) is 3.06. The van der Waals surface area contributed by atoms with Gasteiger partial charge >= 0.3 is 5.97 Å². The van der Waals surface area contributed by atoms with Crippen LogP contribution in [0, 0.1) is 12.7 Å². The van der Waals surface area contributed by atoms with Crippen LogP contribution in [0.15, 0.2) is 12.1 Å². The fourth-order valence-corrected chi connectivity index (χ4v) is 1.08. The van der Waals surface area contributed by atoms with E-state index in [9.17, 15) is 9.18 Å². The van der Waals surface area contributed by atoms with E-state index in [-0.39, 0.29) is 17.9 Å². The molecule has 0 fully saturated rings. The molecular formula is C10H12FNO2. The Morgan fingerprint density at radius 1 is 1.57 bits per heavy atom. The van der Waals surface area contributed by atoms with Gasteiger partial charge in [0, 0.05) is 5.69 Å². The highest BCUT2D eigenvalue weighted by Crippen LogP contribution is 2.18. The van der Waals surface area contributed by atoms with E-state index < -0.39 is 11.8 Å². The smallest absolute Gasteiger partial charge is 0.340 e. The van der Waals surface area contributed by atoms with Crippen molar-refractivity contribution < 1.29 is 13.9 Å². The molecule has 0 spiro atoms. The number of carbonyl (C=O) groups excluding carboxylic acids is 1. The number of halogens is 1. The first-order valence-electron chi connectivity index (χ1n) is 4.29. The highest BCUT2D eigenvalue weighted by atomic mass is 19.1. The third-order valence-electron chi connectivity index (χ3n) is 1.83. The Bertz CT molecular complexity index is 363. The Hall–Kier alpha value is -1.58. The lowest BCUT2D eigenvalue weighted by Gasteiger charge is -2.06. The summed E-state index contributed by atoms with van der Waals surface area (Å²) in [5.41, 5.74) is 6.17. The third kappa shape index (κ3) is 2.02. The van der Waals surface area contributed by atoms with Gasteiger partial charge in [0.05, 0.1) is 12.2 Å². The van der Waals surface area contributed by atoms with Crippen LogP contribution in [-0.4, -0.2) is 12.6 Å². The number of nitrogen functional groups attached to an aromatic ring is 1. The lowest BCUT2D eigenvalue weighted by atomic mass is 10.1. The molecule has 76 valence electrons. The van der Waals surface area contributed by atoms with Crippen LogP contribution in [0.4, 0.5) is 10.1 Å². The van der Waals surface area contributed by atoms with Crippen LogP contribution in [0.2, 0.25) is 0 Å². The van der Waals surface area contributed by atoms with E-state index in [1.807, 2.05) is 0 Å². The lowest BCUT2D eigenvalue weighted by molar-refractivity contribution is 0.0527. The molecule has 1 aromatic carbocycles. The zero-order chi connectivity index (χ0) is 10.7. The first-order chi connectivity index (χ1) is 6.56. The molecule has 0 aliphatic heterocycles. The Balaban J connectivity index is 3.09. The zero-order valence-corrected chi connectivity index (χ0v) is 8.13. The summed E-state index contributed by atoms with van der Waals surface area (Å²) in [5.74, 6) is -0.941. The molecule has 1 aromatic rings. The minimum Gasteiger partial charge on any atom is -0.462 e. The first-order valence-corrected chi connectivity index (χ1v) is 4.29. The molecule has 4 heteroatoms. The highest BCUT2D eigenvalue weighted by Gasteiger charge is 2.12. The van der Waals surface area contributed by atoms with E-state index in [2.05, 4.69) is 0 Å². The van der Waals surface area contributed by atoms with Gasteiger partial charge in [-0.05, 0) is 31.5 Å². The molecule has 1 rings (SSSR count). The van der Waals surface area contributed by atoms with E-state index in [0.717, 1.165) is 6.07 Å². The second kappa shape index (κ2) is 4.09. The second-order valence-electron chi connectivity index (χ2n) is 2.91. The first kappa shape index (κ1) is 10.5. The molecule has 0 bridgehead atoms. The van der Waals surface area contributed by atoms with Crippen molar-refractivity contribution in [3.05, 3.63) is 29.1 Å². The van der Waals surface area contributed by atoms with Crippen LogP contribution >= 0.6 is 0 Å². The summed E-state index contributed by atoms with van der Waals surface area (Å²) in [6.45, 7) is 3.54. The van der Waals surface area contributed by atoms with Gasteiger partial charge in [-0.15, -0.1) is 0 Å². The number of nitrogens with two attached hydrogens (primary N) is 1. The molecule has 0 atom stereocenters. The summed E-state index contributed by atoms with van der Waals surface area (Å²) >= 11 is 0. The van der Waals surface area contributed by atoms with Gasteiger partial charge < -0.3 is 10.5 Å². The predicted molar refractivity (Wildman–Crippen MR) is 51.5 cm³/mol. The molecule has 0 heterocycles. The zero-order valence-electron chi connectivity index (χ0n) is 8.13. The molecule has 0 saturated carbocycles. The van der Waals surface area contributed by atoms with Crippen molar-refractivity contribution in [2.75, 3.05) is 12.3 Å². The third-order valence-corrected chi connectivity index (χ3v) is 1.83. The van der Waals surface area contributed by atoms with Gasteiger partial charge in [0.2, 0.25) is 0 Å². The van der Waals surface area contributed by atoms with Gasteiger partial charge in [-0.25, -0.2) is 9.18 Å². The molecule has 0 amide bonds. The molecule has 0 aromatic heterocycles. The summed E-state index contributed by atoms with van der Waals surface area (Å²) < 4.78 is 17.7. The van der Waals surface area contributed by atoms with Crippen molar-refractivity contribution in [3.8, 4) is 0 Å². The largest absolute Gasteiger partial charge is 0.462 e. The Labute approximate surface area is 81.7 Å². The number of benzene rings is 1. The molecule has 0 radical (unpaired) electrons. The maximum absolute atomic E-state index is 13.0. The van der Waals surface area contributed by atoms with E-state index in [0.29, 0.717) is 5.56 Å². The molecule has 14 heavy (non-hydrogen) atoms. The van der Waals surface area contributed by atoms with E-state index >= 15 is 0 Å². The summed E-state index contributed by atoms with van der Waals surface area (Å²) in [5, 5.41) is 0. The average Bonchev–Trinajstić information content (AvgIpc) is 2.11. The number of carbonyl (C=O) groups is 1. The van der Waals surface area contributed by atoms with Gasteiger partial charge in [0.15, 0.2) is 0 Å². The molecular weight excluding hydrogens is 185 g/mol. The molecule has 0 saturated heterocycles. The van der Waals surface area contributed by atoms with Gasteiger partial charge in [-0.3, -0.25) is 0 Å². The fourth-order valence-electron chi connectivity index (χ4n) is 1.08. The van der Waals surface area contributed by atoms with Crippen LogP contribution in [0.5, 0.6) is 0 Å². The monoisotopic (exact) mass is 197 g/mol. The second-order valence-corrected chi connectivity index (χ2v) is 2.91. The number of esters is 1. The number of anilines is 1. The van der Waals surface area contributed by atoms with E-state index in [1.165, 1.54) is 6.07 Å². The minimum absolute atomic E-state index is 0.103. The summed E-state index contributed by atoms with van der Waals surface area (Å²) in [7, 11) is 0. The van der Waals surface area contributed by atoms with Gasteiger partial charge in [-0.2, -0.15) is 0 Å². The van der Waals surface area contributed by atoms with E-state index in [4.69, 9.17) is 10.5 Å². The van der Waals surface area contributed by atoms with Crippen LogP contribution in [0.25, 0.3) is 0 Å². The van der Waals surface area contributed by atoms with Crippen LogP contribution in [-0.2, 0) is 4.74 Å². The van der Waals surface area contributed by atoms with Crippen molar-refractivity contribution in [1.82, 2.24) is 0 Å². The SMILES string of the molecule is CCOC(=O)c1cc(C)c(F)cc1N. The normalized spacial score (nSPS) is 9.93. The maximum atomic E-state index is 13.0. The molecule has 2 N–H and O–H groups in total. The predicted octanol–water partition coefficient (Wildman–Crippen LogP) is 1.89. The van der Waals surface area contributed by atoms with Crippen LogP contribution in [0.3, 0.4) is 0 Å². The lowest BCUT2D eigenvalue weighted by Crippen LogP contribution is -2.09. The number of aryl methyl sites for hydroxylation is 1. The summed E-state index contributed by atoms with van der Waals surface area (Å²) in [4.78, 5) is 11.3. The van der Waals surface area contributed by atoms with Crippen LogP contribution in [0.1, 0.15) is 22.8 Å². The van der Waals surface area contributed by atoms with Gasteiger partial charge in [-0.1, -0.05) is 0 Å². The standard InChI is InChI=1S/C10H12FNO2/c1-3-14-10(13)7-4-6(2)8(11)5-9(7)12/h4-5H,3,12H2,1-2H3. The maximum Gasteiger partial charge on any atom is 0.340 e. The Morgan fingerprint density at radius 2 is 2.21 bits per heavy atom. The fraction of sp³-hybridized carbons (Fsp3) is 0.300. The number of rotatable bonds is 2. The molecule has 0 unspecified atom stereocenters. The van der Waals surface area contributed by atoms with Crippen molar-refractivity contribution in [2.24, 2.45) is 0 Å². The average molecular weight is 197 g/mol. The molecule has 0 aliphatic carbocycles. The Morgan fingerprint density at radius 3 is 2.79 bits per heavy atom. The van der Waals surface area contributed by atoms with Gasteiger partial charge in [0.25, 0.3) is 0 Å². The van der Waals surface area contributed by atoms with Gasteiger partial charge in [0.1, 0.15) is 5.82 Å². The van der Waals surface area contributed by atoms with Crippen molar-refractivity contribution >= 4 is 11.7 Å². The topological polar surface area (TPSA) is 52.3 Å². The molecule has 3 nitrogen and oxygen atoms in total. The van der Waals surface area contributed by atoms with Crippen molar-refractivity contribution in [1.29, 1.82) is 0 Å². The van der Waals surface area contributed by atoms with Crippen molar-refractivity contribution in [3.63, 3.8) is 0 Å². The quantitative estimate of drug-likeness (QED) is 0.581. The van der Waals surface area contributed by atoms with Crippen molar-refractivity contribution in [2.45, 2.75) is 13.8 Å².